The predicted octanol–water partition coefficient (Wildman–Crippen LogP) is 1.89. The third kappa shape index (κ3) is 6.57. The number of carbonyl (C=O) groups is 2. The van der Waals surface area contributed by atoms with E-state index in [1.54, 1.807) is 24.3 Å². The molecule has 5 heteroatoms. The van der Waals surface area contributed by atoms with E-state index in [4.69, 9.17) is 4.84 Å². The van der Waals surface area contributed by atoms with E-state index in [2.05, 4.69) is 10.8 Å². The van der Waals surface area contributed by atoms with Gasteiger partial charge in [-0.3, -0.25) is 14.4 Å². The highest BCUT2D eigenvalue weighted by atomic mass is 16.6. The molecule has 0 atom stereocenters. The second-order valence-corrected chi connectivity index (χ2v) is 4.78. The van der Waals surface area contributed by atoms with E-state index in [0.29, 0.717) is 18.2 Å². The van der Waals surface area contributed by atoms with Crippen molar-refractivity contribution in [3.8, 4) is 0 Å². The Labute approximate surface area is 113 Å². The SMILES string of the molecule is CC(=O)Nc1ccc(CC(=O)NOCC(C)C)cc1. The van der Waals surface area contributed by atoms with Gasteiger partial charge in [0.15, 0.2) is 0 Å². The van der Waals surface area contributed by atoms with Crippen LogP contribution in [-0.2, 0) is 20.8 Å². The summed E-state index contributed by atoms with van der Waals surface area (Å²) in [6, 6.07) is 7.12. The number of anilines is 1. The zero-order valence-corrected chi connectivity index (χ0v) is 11.5. The minimum absolute atomic E-state index is 0.118. The van der Waals surface area contributed by atoms with E-state index in [0.717, 1.165) is 5.56 Å². The maximum Gasteiger partial charge on any atom is 0.247 e. The molecule has 0 bridgehead atoms. The number of benzene rings is 1. The largest absolute Gasteiger partial charge is 0.326 e. The highest BCUT2D eigenvalue weighted by molar-refractivity contribution is 5.88. The zero-order chi connectivity index (χ0) is 14.3. The average Bonchev–Trinajstić information content (AvgIpc) is 2.30. The van der Waals surface area contributed by atoms with Crippen molar-refractivity contribution in [2.24, 2.45) is 5.92 Å². The van der Waals surface area contributed by atoms with E-state index in [1.807, 2.05) is 13.8 Å². The topological polar surface area (TPSA) is 67.4 Å². The second kappa shape index (κ2) is 7.53. The number of rotatable bonds is 6. The van der Waals surface area contributed by atoms with Crippen molar-refractivity contribution in [3.05, 3.63) is 29.8 Å². The summed E-state index contributed by atoms with van der Waals surface area (Å²) in [7, 11) is 0. The maximum absolute atomic E-state index is 11.6. The second-order valence-electron chi connectivity index (χ2n) is 4.78. The Morgan fingerprint density at radius 3 is 2.37 bits per heavy atom. The van der Waals surface area contributed by atoms with Gasteiger partial charge in [-0.05, 0) is 23.6 Å². The van der Waals surface area contributed by atoms with Crippen molar-refractivity contribution in [1.82, 2.24) is 5.48 Å². The van der Waals surface area contributed by atoms with Crippen molar-refractivity contribution in [1.29, 1.82) is 0 Å². The van der Waals surface area contributed by atoms with Crippen molar-refractivity contribution in [2.45, 2.75) is 27.2 Å². The van der Waals surface area contributed by atoms with Gasteiger partial charge in [0.25, 0.3) is 0 Å². The molecule has 0 aliphatic rings. The van der Waals surface area contributed by atoms with Crippen molar-refractivity contribution < 1.29 is 14.4 Å². The normalized spacial score (nSPS) is 10.3. The molecule has 1 aromatic rings. The molecule has 0 aromatic heterocycles. The molecule has 0 saturated heterocycles. The van der Waals surface area contributed by atoms with E-state index in [9.17, 15) is 9.59 Å². The van der Waals surface area contributed by atoms with E-state index >= 15 is 0 Å². The van der Waals surface area contributed by atoms with Crippen molar-refractivity contribution in [2.75, 3.05) is 11.9 Å². The van der Waals surface area contributed by atoms with Gasteiger partial charge in [-0.2, -0.15) is 0 Å². The summed E-state index contributed by atoms with van der Waals surface area (Å²) in [4.78, 5) is 27.5. The molecular formula is C14H20N2O3. The van der Waals surface area contributed by atoms with E-state index < -0.39 is 0 Å². The molecule has 0 fully saturated rings. The first-order valence-corrected chi connectivity index (χ1v) is 6.24. The van der Waals surface area contributed by atoms with Crippen molar-refractivity contribution in [3.63, 3.8) is 0 Å². The molecule has 0 aliphatic carbocycles. The summed E-state index contributed by atoms with van der Waals surface area (Å²) in [5.41, 5.74) is 3.98. The van der Waals surface area contributed by atoms with Gasteiger partial charge in [-0.1, -0.05) is 26.0 Å². The first-order valence-electron chi connectivity index (χ1n) is 6.24. The predicted molar refractivity (Wildman–Crippen MR) is 73.4 cm³/mol. The number of hydroxylamine groups is 1. The smallest absolute Gasteiger partial charge is 0.247 e. The van der Waals surface area contributed by atoms with Crippen LogP contribution in [0.3, 0.4) is 0 Å². The summed E-state index contributed by atoms with van der Waals surface area (Å²) in [6.45, 7) is 5.96. The molecule has 2 N–H and O–H groups in total. The van der Waals surface area contributed by atoms with Crippen LogP contribution in [0.15, 0.2) is 24.3 Å². The molecule has 0 aliphatic heterocycles. The fraction of sp³-hybridized carbons (Fsp3) is 0.429. The summed E-state index contributed by atoms with van der Waals surface area (Å²) in [5.74, 6) is 0.0674. The van der Waals surface area contributed by atoms with Crippen LogP contribution in [0.2, 0.25) is 0 Å². The third-order valence-corrected chi connectivity index (χ3v) is 2.24. The number of hydrogen-bond acceptors (Lipinski definition) is 3. The highest BCUT2D eigenvalue weighted by Gasteiger charge is 2.04. The van der Waals surface area contributed by atoms with Crippen LogP contribution >= 0.6 is 0 Å². The number of carbonyl (C=O) groups excluding carboxylic acids is 2. The fourth-order valence-electron chi connectivity index (χ4n) is 1.42. The lowest BCUT2D eigenvalue weighted by molar-refractivity contribution is -0.133. The molecule has 0 radical (unpaired) electrons. The van der Waals surface area contributed by atoms with E-state index in [1.165, 1.54) is 6.92 Å². The van der Waals surface area contributed by atoms with Gasteiger partial charge in [0.05, 0.1) is 13.0 Å². The molecular weight excluding hydrogens is 244 g/mol. The summed E-state index contributed by atoms with van der Waals surface area (Å²) >= 11 is 0. The Hall–Kier alpha value is -1.88. The van der Waals surface area contributed by atoms with Crippen LogP contribution < -0.4 is 10.8 Å². The fourth-order valence-corrected chi connectivity index (χ4v) is 1.42. The molecule has 1 aromatic carbocycles. The van der Waals surface area contributed by atoms with Gasteiger partial charge < -0.3 is 5.32 Å². The molecule has 5 nitrogen and oxygen atoms in total. The molecule has 0 heterocycles. The molecule has 104 valence electrons. The Morgan fingerprint density at radius 2 is 1.84 bits per heavy atom. The summed E-state index contributed by atoms with van der Waals surface area (Å²) in [5, 5.41) is 2.67. The minimum atomic E-state index is -0.187. The highest BCUT2D eigenvalue weighted by Crippen LogP contribution is 2.09. The van der Waals surface area contributed by atoms with Gasteiger partial charge in [-0.15, -0.1) is 0 Å². The number of amides is 2. The maximum atomic E-state index is 11.6. The van der Waals surface area contributed by atoms with Crippen LogP contribution in [0.25, 0.3) is 0 Å². The molecule has 0 saturated carbocycles. The summed E-state index contributed by atoms with van der Waals surface area (Å²) < 4.78 is 0. The van der Waals surface area contributed by atoms with Crippen LogP contribution in [-0.4, -0.2) is 18.4 Å². The monoisotopic (exact) mass is 264 g/mol. The Kier molecular flexibility index (Phi) is 6.02. The van der Waals surface area contributed by atoms with Crippen LogP contribution in [0.1, 0.15) is 26.3 Å². The molecule has 0 unspecified atom stereocenters. The zero-order valence-electron chi connectivity index (χ0n) is 11.5. The Balaban J connectivity index is 2.40. The Morgan fingerprint density at radius 1 is 1.21 bits per heavy atom. The van der Waals surface area contributed by atoms with Gasteiger partial charge >= 0.3 is 0 Å². The summed E-state index contributed by atoms with van der Waals surface area (Å²) in [6.07, 6.45) is 0.248. The molecule has 2 amide bonds. The Bertz CT molecular complexity index is 427. The average molecular weight is 264 g/mol. The quantitative estimate of drug-likeness (QED) is 0.771. The molecule has 0 spiro atoms. The lowest BCUT2D eigenvalue weighted by Gasteiger charge is -2.08. The number of hydrogen-bond donors (Lipinski definition) is 2. The first kappa shape index (κ1) is 15.2. The third-order valence-electron chi connectivity index (χ3n) is 2.24. The minimum Gasteiger partial charge on any atom is -0.326 e. The van der Waals surface area contributed by atoms with Gasteiger partial charge in [0.2, 0.25) is 11.8 Å². The molecule has 1 rings (SSSR count). The van der Waals surface area contributed by atoms with Crippen LogP contribution in [0.5, 0.6) is 0 Å². The first-order chi connectivity index (χ1) is 8.97. The van der Waals surface area contributed by atoms with Crippen LogP contribution in [0, 0.1) is 5.92 Å². The molecule has 19 heavy (non-hydrogen) atoms. The van der Waals surface area contributed by atoms with E-state index in [-0.39, 0.29) is 18.2 Å². The van der Waals surface area contributed by atoms with Gasteiger partial charge in [0.1, 0.15) is 0 Å². The standard InChI is InChI=1S/C14H20N2O3/c1-10(2)9-19-16-14(18)8-12-4-6-13(7-5-12)15-11(3)17/h4-7,10H,8-9H2,1-3H3,(H,15,17)(H,16,18). The lowest BCUT2D eigenvalue weighted by atomic mass is 10.1. The van der Waals surface area contributed by atoms with Gasteiger partial charge in [-0.25, -0.2) is 5.48 Å². The number of nitrogens with one attached hydrogen (secondary N) is 2. The lowest BCUT2D eigenvalue weighted by Crippen LogP contribution is -2.27. The van der Waals surface area contributed by atoms with Crippen molar-refractivity contribution >= 4 is 17.5 Å². The van der Waals surface area contributed by atoms with Gasteiger partial charge in [0, 0.05) is 12.6 Å². The van der Waals surface area contributed by atoms with Crippen LogP contribution in [0.4, 0.5) is 5.69 Å².